The molecule has 0 radical (unpaired) electrons. The summed E-state index contributed by atoms with van der Waals surface area (Å²) in [6.07, 6.45) is -0.525. The van der Waals surface area contributed by atoms with Gasteiger partial charge in [0.25, 0.3) is 0 Å². The molecule has 1 atom stereocenters. The smallest absolute Gasteiger partial charge is 0.129 e. The van der Waals surface area contributed by atoms with Gasteiger partial charge in [0.15, 0.2) is 0 Å². The van der Waals surface area contributed by atoms with Crippen molar-refractivity contribution in [3.8, 4) is 5.75 Å². The third-order valence-corrected chi connectivity index (χ3v) is 3.68. The number of hydrogen-bond donors (Lipinski definition) is 3. The molecule has 1 heterocycles. The first kappa shape index (κ1) is 18.3. The number of ether oxygens (including phenoxy) is 1. The van der Waals surface area contributed by atoms with Crippen LogP contribution in [-0.2, 0) is 0 Å². The van der Waals surface area contributed by atoms with E-state index in [1.807, 2.05) is 44.2 Å². The predicted molar refractivity (Wildman–Crippen MR) is 102 cm³/mol. The van der Waals surface area contributed by atoms with E-state index in [4.69, 9.17) is 4.74 Å². The van der Waals surface area contributed by atoms with Crippen LogP contribution in [0.5, 0.6) is 5.75 Å². The predicted octanol–water partition coefficient (Wildman–Crippen LogP) is 4.09. The van der Waals surface area contributed by atoms with Crippen molar-refractivity contribution in [2.45, 2.75) is 39.8 Å². The first-order valence-corrected chi connectivity index (χ1v) is 8.69. The number of rotatable bonds is 6. The summed E-state index contributed by atoms with van der Waals surface area (Å²) in [6.45, 7) is 8.92. The van der Waals surface area contributed by atoms with E-state index in [-0.39, 0.29) is 6.61 Å². The van der Waals surface area contributed by atoms with Gasteiger partial charge in [-0.2, -0.15) is 0 Å². The Morgan fingerprint density at radius 1 is 1.04 bits per heavy atom. The molecule has 0 unspecified atom stereocenters. The number of aromatic amines is 1. The minimum absolute atomic E-state index is 0.276. The number of nitrogens with one attached hydrogen (secondary N) is 2. The van der Waals surface area contributed by atoms with Gasteiger partial charge in [-0.1, -0.05) is 52.0 Å². The molecule has 3 N–H and O–H groups in total. The van der Waals surface area contributed by atoms with E-state index in [1.165, 1.54) is 0 Å². The van der Waals surface area contributed by atoms with Crippen LogP contribution in [0.15, 0.2) is 42.5 Å². The van der Waals surface area contributed by atoms with Crippen molar-refractivity contribution < 1.29 is 9.84 Å². The van der Waals surface area contributed by atoms with E-state index < -0.39 is 6.10 Å². The molecule has 0 bridgehead atoms. The highest BCUT2D eigenvalue weighted by Crippen LogP contribution is 2.32. The Kier molecular flexibility index (Phi) is 6.64. The maximum Gasteiger partial charge on any atom is 0.129 e. The van der Waals surface area contributed by atoms with E-state index >= 15 is 0 Å². The summed E-state index contributed by atoms with van der Waals surface area (Å²) in [5.74, 6) is 0.804. The molecule has 3 aromatic rings. The number of aliphatic hydroxyl groups is 1. The van der Waals surface area contributed by atoms with Crippen LogP contribution in [0.3, 0.4) is 0 Å². The zero-order valence-electron chi connectivity index (χ0n) is 15.0. The maximum absolute atomic E-state index is 10.0. The van der Waals surface area contributed by atoms with Crippen molar-refractivity contribution in [3.05, 3.63) is 42.5 Å². The number of benzene rings is 2. The summed E-state index contributed by atoms with van der Waals surface area (Å²) in [6, 6.07) is 14.5. The Balaban J connectivity index is 0.00000100. The van der Waals surface area contributed by atoms with E-state index in [0.29, 0.717) is 12.6 Å². The summed E-state index contributed by atoms with van der Waals surface area (Å²) >= 11 is 0. The largest absolute Gasteiger partial charge is 0.490 e. The fourth-order valence-electron chi connectivity index (χ4n) is 2.61. The summed E-state index contributed by atoms with van der Waals surface area (Å²) in [5.41, 5.74) is 2.14. The standard InChI is InChI=1S/C18H22N2O2.C2H6/c1-12(2)19-10-13(21)11-22-17-9-5-8-16-18(17)14-6-3-4-7-15(14)20-16;1-2/h3-9,12-13,19-21H,10-11H2,1-2H3;1-2H3/t13-;/m0./s1. The fourth-order valence-corrected chi connectivity index (χ4v) is 2.61. The number of aliphatic hydroxyl groups excluding tert-OH is 1. The van der Waals surface area contributed by atoms with Crippen LogP contribution < -0.4 is 10.1 Å². The molecule has 3 rings (SSSR count). The lowest BCUT2D eigenvalue weighted by atomic mass is 10.1. The number of hydrogen-bond acceptors (Lipinski definition) is 3. The zero-order valence-corrected chi connectivity index (χ0v) is 15.0. The molecule has 0 amide bonds. The lowest BCUT2D eigenvalue weighted by molar-refractivity contribution is 0.105. The molecule has 4 heteroatoms. The van der Waals surface area contributed by atoms with Gasteiger partial charge in [0.05, 0.1) is 5.52 Å². The number of para-hydroxylation sites is 1. The molecule has 0 aliphatic rings. The van der Waals surface area contributed by atoms with Crippen molar-refractivity contribution in [1.29, 1.82) is 0 Å². The molecule has 1 aromatic heterocycles. The van der Waals surface area contributed by atoms with Crippen LogP contribution in [0, 0.1) is 0 Å². The summed E-state index contributed by atoms with van der Waals surface area (Å²) in [5, 5.41) is 15.4. The second kappa shape index (κ2) is 8.71. The van der Waals surface area contributed by atoms with Gasteiger partial charge >= 0.3 is 0 Å². The van der Waals surface area contributed by atoms with Crippen LogP contribution in [0.2, 0.25) is 0 Å². The van der Waals surface area contributed by atoms with E-state index in [9.17, 15) is 5.11 Å². The summed E-state index contributed by atoms with van der Waals surface area (Å²) < 4.78 is 5.87. The molecule has 130 valence electrons. The molecule has 24 heavy (non-hydrogen) atoms. The van der Waals surface area contributed by atoms with Crippen molar-refractivity contribution in [3.63, 3.8) is 0 Å². The quantitative estimate of drug-likeness (QED) is 0.639. The van der Waals surface area contributed by atoms with Crippen molar-refractivity contribution in [1.82, 2.24) is 10.3 Å². The molecule has 0 aliphatic heterocycles. The fraction of sp³-hybridized carbons (Fsp3) is 0.400. The Morgan fingerprint density at radius 2 is 1.75 bits per heavy atom. The lowest BCUT2D eigenvalue weighted by Crippen LogP contribution is -2.35. The summed E-state index contributed by atoms with van der Waals surface area (Å²) in [4.78, 5) is 3.39. The molecular weight excluding hydrogens is 300 g/mol. The topological polar surface area (TPSA) is 57.3 Å². The molecule has 0 fully saturated rings. The van der Waals surface area contributed by atoms with Gasteiger partial charge in [0, 0.05) is 28.9 Å². The average molecular weight is 328 g/mol. The van der Waals surface area contributed by atoms with Gasteiger partial charge in [-0.25, -0.2) is 0 Å². The van der Waals surface area contributed by atoms with Crippen LogP contribution >= 0.6 is 0 Å². The maximum atomic E-state index is 10.0. The monoisotopic (exact) mass is 328 g/mol. The Morgan fingerprint density at radius 3 is 2.50 bits per heavy atom. The third kappa shape index (κ3) is 4.28. The molecular formula is C20H28N2O2. The third-order valence-electron chi connectivity index (χ3n) is 3.68. The van der Waals surface area contributed by atoms with Gasteiger partial charge in [0.2, 0.25) is 0 Å². The highest BCUT2D eigenvalue weighted by atomic mass is 16.5. The van der Waals surface area contributed by atoms with Crippen LogP contribution in [-0.4, -0.2) is 35.4 Å². The van der Waals surface area contributed by atoms with Crippen LogP contribution in [0.1, 0.15) is 27.7 Å². The Labute approximate surface area is 143 Å². The first-order chi connectivity index (χ1) is 11.6. The molecule has 0 spiro atoms. The molecule has 4 nitrogen and oxygen atoms in total. The number of H-pyrrole nitrogens is 1. The van der Waals surface area contributed by atoms with Crippen LogP contribution in [0.25, 0.3) is 21.8 Å². The second-order valence-corrected chi connectivity index (χ2v) is 5.88. The van der Waals surface area contributed by atoms with Crippen molar-refractivity contribution >= 4 is 21.8 Å². The normalized spacial score (nSPS) is 12.2. The minimum atomic E-state index is -0.525. The first-order valence-electron chi connectivity index (χ1n) is 8.69. The van der Waals surface area contributed by atoms with Gasteiger partial charge in [-0.05, 0) is 18.2 Å². The molecule has 0 aliphatic carbocycles. The SMILES string of the molecule is CC.CC(C)NC[C@H](O)COc1cccc2[nH]c3ccccc3c12. The highest BCUT2D eigenvalue weighted by Gasteiger charge is 2.11. The van der Waals surface area contributed by atoms with Gasteiger partial charge in [-0.3, -0.25) is 0 Å². The van der Waals surface area contributed by atoms with Gasteiger partial charge in [-0.15, -0.1) is 0 Å². The van der Waals surface area contributed by atoms with E-state index in [0.717, 1.165) is 27.6 Å². The zero-order chi connectivity index (χ0) is 17.5. The van der Waals surface area contributed by atoms with Crippen molar-refractivity contribution in [2.75, 3.05) is 13.2 Å². The summed E-state index contributed by atoms with van der Waals surface area (Å²) in [7, 11) is 0. The molecule has 2 aromatic carbocycles. The van der Waals surface area contributed by atoms with E-state index in [2.05, 4.69) is 36.3 Å². The highest BCUT2D eigenvalue weighted by molar-refractivity contribution is 6.10. The van der Waals surface area contributed by atoms with E-state index in [1.54, 1.807) is 0 Å². The molecule has 0 saturated carbocycles. The minimum Gasteiger partial charge on any atom is -0.490 e. The lowest BCUT2D eigenvalue weighted by Gasteiger charge is -2.15. The Hall–Kier alpha value is -2.04. The number of aromatic nitrogens is 1. The van der Waals surface area contributed by atoms with Crippen LogP contribution in [0.4, 0.5) is 0 Å². The van der Waals surface area contributed by atoms with Crippen molar-refractivity contribution in [2.24, 2.45) is 0 Å². The second-order valence-electron chi connectivity index (χ2n) is 5.88. The number of fused-ring (bicyclic) bond motifs is 3. The Bertz CT molecular complexity index is 765. The van der Waals surface area contributed by atoms with Gasteiger partial charge in [0.1, 0.15) is 18.5 Å². The van der Waals surface area contributed by atoms with Gasteiger partial charge < -0.3 is 20.1 Å². The average Bonchev–Trinajstić information content (AvgIpc) is 2.99. The molecule has 0 saturated heterocycles.